The molecule has 3 aliphatic heterocycles. The number of carbonyl (C=O) groups excluding carboxylic acids is 4. The third kappa shape index (κ3) is 4.61. The second-order valence-corrected chi connectivity index (χ2v) is 11.5. The standard InChI is InChI=1S/C29H36O10/c1-17-9-11-28-15-35-26(33)25(37-19(3)30)18(2)10-12-34-23(31)7-5-6-8-24(32)39-20-14-22(38-21(28)13-17)29(16-36-29)27(20,28)4/h5-8,13,18,20-22,25H,9-12,14-16H2,1-4H3/b7-5-,8-6-. The van der Waals surface area contributed by atoms with E-state index in [4.69, 9.17) is 28.4 Å². The molecule has 212 valence electrons. The molecule has 2 saturated heterocycles. The fourth-order valence-corrected chi connectivity index (χ4v) is 6.98. The predicted octanol–water partition coefficient (Wildman–Crippen LogP) is 2.74. The molecule has 0 N–H and O–H groups in total. The first-order chi connectivity index (χ1) is 18.5. The fourth-order valence-electron chi connectivity index (χ4n) is 6.98. The van der Waals surface area contributed by atoms with Gasteiger partial charge in [0.05, 0.1) is 30.8 Å². The van der Waals surface area contributed by atoms with Gasteiger partial charge in [0.2, 0.25) is 6.10 Å². The molecule has 0 aromatic heterocycles. The predicted molar refractivity (Wildman–Crippen MR) is 135 cm³/mol. The van der Waals surface area contributed by atoms with Crippen LogP contribution in [0.15, 0.2) is 36.0 Å². The lowest BCUT2D eigenvalue weighted by Crippen LogP contribution is -2.67. The van der Waals surface area contributed by atoms with E-state index in [9.17, 15) is 19.2 Å². The number of ether oxygens (including phenoxy) is 6. The summed E-state index contributed by atoms with van der Waals surface area (Å²) in [5.41, 5.74) is -0.944. The van der Waals surface area contributed by atoms with Crippen LogP contribution < -0.4 is 0 Å². The number of hydrogen-bond donors (Lipinski definition) is 0. The number of epoxide rings is 1. The van der Waals surface area contributed by atoms with Crippen LogP contribution in [0.1, 0.15) is 53.4 Å². The minimum absolute atomic E-state index is 0.00601. The molecule has 3 heterocycles. The second-order valence-electron chi connectivity index (χ2n) is 11.5. The van der Waals surface area contributed by atoms with Crippen molar-refractivity contribution in [2.24, 2.45) is 16.7 Å². The van der Waals surface area contributed by atoms with E-state index in [1.54, 1.807) is 6.92 Å². The van der Waals surface area contributed by atoms with Gasteiger partial charge in [0.1, 0.15) is 18.3 Å². The summed E-state index contributed by atoms with van der Waals surface area (Å²) in [5, 5.41) is 0. The number of carbonyl (C=O) groups is 4. The summed E-state index contributed by atoms with van der Waals surface area (Å²) >= 11 is 0. The molecule has 0 aromatic rings. The highest BCUT2D eigenvalue weighted by Gasteiger charge is 2.83. The van der Waals surface area contributed by atoms with Gasteiger partial charge in [-0.15, -0.1) is 0 Å². The summed E-state index contributed by atoms with van der Waals surface area (Å²) in [6.45, 7) is 7.51. The molecular formula is C29H36O10. The van der Waals surface area contributed by atoms with Crippen molar-refractivity contribution in [2.75, 3.05) is 19.8 Å². The summed E-state index contributed by atoms with van der Waals surface area (Å²) in [4.78, 5) is 50.2. The van der Waals surface area contributed by atoms with Crippen LogP contribution in [-0.4, -0.2) is 73.7 Å². The molecule has 0 radical (unpaired) electrons. The molecule has 1 saturated carbocycles. The zero-order chi connectivity index (χ0) is 28.0. The number of hydrogen-bond acceptors (Lipinski definition) is 10. The molecule has 39 heavy (non-hydrogen) atoms. The van der Waals surface area contributed by atoms with Gasteiger partial charge in [0, 0.05) is 36.8 Å². The molecular weight excluding hydrogens is 508 g/mol. The zero-order valence-electron chi connectivity index (χ0n) is 22.8. The Labute approximate surface area is 227 Å². The van der Waals surface area contributed by atoms with Gasteiger partial charge in [0.15, 0.2) is 0 Å². The van der Waals surface area contributed by atoms with Crippen molar-refractivity contribution in [1.29, 1.82) is 0 Å². The van der Waals surface area contributed by atoms with E-state index >= 15 is 0 Å². The molecule has 5 rings (SSSR count). The van der Waals surface area contributed by atoms with E-state index < -0.39 is 58.4 Å². The highest BCUT2D eigenvalue weighted by Crippen LogP contribution is 2.72. The van der Waals surface area contributed by atoms with Crippen LogP contribution in [0.3, 0.4) is 0 Å². The number of rotatable bonds is 1. The van der Waals surface area contributed by atoms with E-state index in [0.717, 1.165) is 6.42 Å². The first-order valence-corrected chi connectivity index (χ1v) is 13.5. The Kier molecular flexibility index (Phi) is 7.22. The Bertz CT molecular complexity index is 1130. The van der Waals surface area contributed by atoms with E-state index in [1.165, 1.54) is 36.8 Å². The Balaban J connectivity index is 1.54. The maximum atomic E-state index is 13.5. The molecule has 8 atom stereocenters. The maximum absolute atomic E-state index is 13.5. The first kappa shape index (κ1) is 27.6. The van der Waals surface area contributed by atoms with Crippen molar-refractivity contribution in [3.8, 4) is 0 Å². The van der Waals surface area contributed by atoms with Crippen LogP contribution in [0.2, 0.25) is 0 Å². The summed E-state index contributed by atoms with van der Waals surface area (Å²) in [6.07, 6.45) is 7.10. The number of esters is 4. The largest absolute Gasteiger partial charge is 0.463 e. The first-order valence-electron chi connectivity index (χ1n) is 13.5. The molecule has 5 aliphatic rings. The lowest BCUT2D eigenvalue weighted by molar-refractivity contribution is -0.235. The molecule has 3 fully saturated rings. The lowest BCUT2D eigenvalue weighted by atomic mass is 9.51. The number of allylic oxidation sites excluding steroid dienone is 3. The third-order valence-corrected chi connectivity index (χ3v) is 9.38. The molecule has 0 aromatic carbocycles. The van der Waals surface area contributed by atoms with E-state index in [-0.39, 0.29) is 31.8 Å². The molecule has 2 spiro atoms. The van der Waals surface area contributed by atoms with Crippen molar-refractivity contribution in [3.63, 3.8) is 0 Å². The lowest BCUT2D eigenvalue weighted by Gasteiger charge is -2.58. The van der Waals surface area contributed by atoms with Gasteiger partial charge in [-0.1, -0.05) is 37.6 Å². The van der Waals surface area contributed by atoms with Gasteiger partial charge in [0.25, 0.3) is 0 Å². The van der Waals surface area contributed by atoms with Crippen molar-refractivity contribution >= 4 is 23.9 Å². The summed E-state index contributed by atoms with van der Waals surface area (Å²) < 4.78 is 35.3. The van der Waals surface area contributed by atoms with Crippen LogP contribution in [0.25, 0.3) is 0 Å². The Morgan fingerprint density at radius 1 is 1.05 bits per heavy atom. The average Bonchev–Trinajstić information content (AvgIpc) is 3.66. The van der Waals surface area contributed by atoms with Crippen molar-refractivity contribution in [3.05, 3.63) is 36.0 Å². The van der Waals surface area contributed by atoms with Crippen LogP contribution in [0.5, 0.6) is 0 Å². The smallest absolute Gasteiger partial charge is 0.347 e. The van der Waals surface area contributed by atoms with Crippen LogP contribution >= 0.6 is 0 Å². The SMILES string of the molecule is CC(=O)OC1C(=O)OCC23CCC(C)=CC2OC2CC(OC(=O)/C=C\C=C/C(=O)OCCC1C)C3(C)C21CO1. The van der Waals surface area contributed by atoms with Crippen LogP contribution in [0.4, 0.5) is 0 Å². The summed E-state index contributed by atoms with van der Waals surface area (Å²) in [7, 11) is 0. The maximum Gasteiger partial charge on any atom is 0.347 e. The van der Waals surface area contributed by atoms with E-state index in [0.29, 0.717) is 19.4 Å². The zero-order valence-corrected chi connectivity index (χ0v) is 22.8. The second kappa shape index (κ2) is 10.2. The van der Waals surface area contributed by atoms with E-state index in [2.05, 4.69) is 13.0 Å². The Morgan fingerprint density at radius 2 is 1.77 bits per heavy atom. The van der Waals surface area contributed by atoms with Crippen molar-refractivity contribution < 1.29 is 47.6 Å². The van der Waals surface area contributed by atoms with Gasteiger partial charge in [-0.05, 0) is 26.2 Å². The monoisotopic (exact) mass is 544 g/mol. The minimum Gasteiger partial charge on any atom is -0.463 e. The van der Waals surface area contributed by atoms with Gasteiger partial charge in [-0.3, -0.25) is 4.79 Å². The van der Waals surface area contributed by atoms with Gasteiger partial charge in [-0.25, -0.2) is 14.4 Å². The molecule has 10 nitrogen and oxygen atoms in total. The Morgan fingerprint density at radius 3 is 2.46 bits per heavy atom. The Hall–Kier alpha value is -2.98. The quantitative estimate of drug-likeness (QED) is 0.210. The normalized spacial score (nSPS) is 43.9. The summed E-state index contributed by atoms with van der Waals surface area (Å²) in [6, 6.07) is 0. The number of cyclic esters (lactones) is 2. The van der Waals surface area contributed by atoms with Crippen molar-refractivity contribution in [1.82, 2.24) is 0 Å². The fraction of sp³-hybridized carbons (Fsp3) is 0.655. The highest BCUT2D eigenvalue weighted by atomic mass is 16.6. The molecule has 8 unspecified atom stereocenters. The van der Waals surface area contributed by atoms with E-state index in [1.807, 2.05) is 6.92 Å². The minimum atomic E-state index is -1.18. The van der Waals surface area contributed by atoms with Gasteiger partial charge in [-0.2, -0.15) is 0 Å². The van der Waals surface area contributed by atoms with Gasteiger partial charge >= 0.3 is 23.9 Å². The summed E-state index contributed by atoms with van der Waals surface area (Å²) in [5.74, 6) is -2.94. The topological polar surface area (TPSA) is 127 Å². The van der Waals surface area contributed by atoms with Gasteiger partial charge < -0.3 is 28.4 Å². The average molecular weight is 545 g/mol. The molecule has 2 bridgehead atoms. The molecule has 2 aliphatic carbocycles. The van der Waals surface area contributed by atoms with Crippen LogP contribution in [-0.2, 0) is 47.6 Å². The van der Waals surface area contributed by atoms with Crippen LogP contribution in [0, 0.1) is 16.7 Å². The third-order valence-electron chi connectivity index (χ3n) is 9.38. The molecule has 0 amide bonds. The van der Waals surface area contributed by atoms with Crippen molar-refractivity contribution in [2.45, 2.75) is 83.4 Å². The highest BCUT2D eigenvalue weighted by molar-refractivity contribution is 5.84. The molecule has 10 heteroatoms.